The molecule has 4 rings (SSSR count). The quantitative estimate of drug-likeness (QED) is 0.372. The molecular formula is C27H40F2O2. The van der Waals surface area contributed by atoms with Gasteiger partial charge in [-0.2, -0.15) is 8.78 Å². The zero-order chi connectivity index (χ0) is 21.6. The van der Waals surface area contributed by atoms with Crippen molar-refractivity contribution in [1.29, 1.82) is 0 Å². The lowest BCUT2D eigenvalue weighted by atomic mass is 9.69. The summed E-state index contributed by atoms with van der Waals surface area (Å²) in [5.74, 6) is 1.88. The molecule has 0 bridgehead atoms. The lowest BCUT2D eigenvalue weighted by molar-refractivity contribution is 0.120. The predicted octanol–water partition coefficient (Wildman–Crippen LogP) is 7.94. The number of rotatable bonds is 10. The van der Waals surface area contributed by atoms with Crippen LogP contribution in [0.5, 0.6) is 11.5 Å². The summed E-state index contributed by atoms with van der Waals surface area (Å²) in [5.41, 5.74) is 0. The van der Waals surface area contributed by atoms with Crippen LogP contribution in [0.3, 0.4) is 0 Å². The summed E-state index contributed by atoms with van der Waals surface area (Å²) in [7, 11) is 0. The molecule has 0 unspecified atom stereocenters. The fourth-order valence-electron chi connectivity index (χ4n) is 5.70. The molecule has 3 aliphatic carbocycles. The van der Waals surface area contributed by atoms with Crippen molar-refractivity contribution in [3.63, 3.8) is 0 Å². The minimum atomic E-state index is -0.920. The second-order valence-corrected chi connectivity index (χ2v) is 10.5. The zero-order valence-electron chi connectivity index (χ0n) is 19.2. The highest BCUT2D eigenvalue weighted by Crippen LogP contribution is 2.42. The molecule has 3 saturated carbocycles. The summed E-state index contributed by atoms with van der Waals surface area (Å²) in [6.45, 7) is 3.24. The van der Waals surface area contributed by atoms with E-state index in [1.165, 1.54) is 69.9 Å². The summed E-state index contributed by atoms with van der Waals surface area (Å²) < 4.78 is 39.8. The van der Waals surface area contributed by atoms with Gasteiger partial charge >= 0.3 is 0 Å². The maximum absolute atomic E-state index is 14.4. The second-order valence-electron chi connectivity index (χ2n) is 10.5. The second kappa shape index (κ2) is 11.0. The van der Waals surface area contributed by atoms with Crippen LogP contribution < -0.4 is 9.47 Å². The minimum absolute atomic E-state index is 0.00155. The van der Waals surface area contributed by atoms with Crippen molar-refractivity contribution in [1.82, 2.24) is 0 Å². The van der Waals surface area contributed by atoms with Gasteiger partial charge in [-0.3, -0.25) is 0 Å². The van der Waals surface area contributed by atoms with Gasteiger partial charge in [0.1, 0.15) is 0 Å². The van der Waals surface area contributed by atoms with Gasteiger partial charge in [0.25, 0.3) is 0 Å². The molecule has 2 nitrogen and oxygen atoms in total. The monoisotopic (exact) mass is 434 g/mol. The predicted molar refractivity (Wildman–Crippen MR) is 120 cm³/mol. The van der Waals surface area contributed by atoms with E-state index in [1.807, 2.05) is 0 Å². The number of hydrogen-bond acceptors (Lipinski definition) is 2. The molecule has 1 aromatic carbocycles. The van der Waals surface area contributed by atoms with Gasteiger partial charge in [0, 0.05) is 0 Å². The van der Waals surface area contributed by atoms with Crippen LogP contribution in [-0.2, 0) is 0 Å². The van der Waals surface area contributed by atoms with E-state index in [0.29, 0.717) is 25.0 Å². The molecule has 174 valence electrons. The Morgan fingerprint density at radius 1 is 0.677 bits per heavy atom. The topological polar surface area (TPSA) is 18.5 Å². The lowest BCUT2D eigenvalue weighted by Crippen LogP contribution is -2.27. The van der Waals surface area contributed by atoms with E-state index in [2.05, 4.69) is 6.92 Å². The molecule has 0 aromatic heterocycles. The van der Waals surface area contributed by atoms with Crippen LogP contribution >= 0.6 is 0 Å². The molecule has 0 N–H and O–H groups in total. The number of halogens is 2. The number of benzene rings is 1. The Hall–Kier alpha value is -1.32. The largest absolute Gasteiger partial charge is 0.490 e. The van der Waals surface area contributed by atoms with Crippen molar-refractivity contribution in [3.05, 3.63) is 23.8 Å². The van der Waals surface area contributed by atoms with Crippen LogP contribution in [0, 0.1) is 41.2 Å². The highest BCUT2D eigenvalue weighted by molar-refractivity contribution is 5.35. The smallest absolute Gasteiger partial charge is 0.204 e. The molecule has 3 fully saturated rings. The first-order chi connectivity index (χ1) is 15.1. The van der Waals surface area contributed by atoms with E-state index in [1.54, 1.807) is 0 Å². The van der Waals surface area contributed by atoms with Crippen LogP contribution in [0.15, 0.2) is 12.1 Å². The van der Waals surface area contributed by atoms with Crippen molar-refractivity contribution < 1.29 is 18.3 Å². The Morgan fingerprint density at radius 3 is 1.52 bits per heavy atom. The van der Waals surface area contributed by atoms with Crippen LogP contribution in [0.1, 0.15) is 90.4 Å². The normalized spacial score (nSPS) is 29.0. The highest BCUT2D eigenvalue weighted by atomic mass is 19.2. The van der Waals surface area contributed by atoms with Crippen LogP contribution in [0.25, 0.3) is 0 Å². The first-order valence-electron chi connectivity index (χ1n) is 12.9. The van der Waals surface area contributed by atoms with Crippen molar-refractivity contribution in [3.8, 4) is 11.5 Å². The average molecular weight is 435 g/mol. The Labute approximate surface area is 187 Å². The third kappa shape index (κ3) is 6.35. The summed E-state index contributed by atoms with van der Waals surface area (Å²) >= 11 is 0. The van der Waals surface area contributed by atoms with Gasteiger partial charge in [0.2, 0.25) is 11.6 Å². The average Bonchev–Trinajstić information content (AvgIpc) is 3.63. The van der Waals surface area contributed by atoms with Gasteiger partial charge in [0.15, 0.2) is 11.5 Å². The Bertz CT molecular complexity index is 687. The van der Waals surface area contributed by atoms with E-state index in [4.69, 9.17) is 9.47 Å². The third-order valence-electron chi connectivity index (χ3n) is 8.07. The zero-order valence-corrected chi connectivity index (χ0v) is 19.2. The number of hydrogen-bond donors (Lipinski definition) is 0. The van der Waals surface area contributed by atoms with E-state index < -0.39 is 11.6 Å². The summed E-state index contributed by atoms with van der Waals surface area (Å²) in [6.07, 6.45) is 16.9. The molecule has 0 radical (unpaired) electrons. The molecule has 31 heavy (non-hydrogen) atoms. The maximum atomic E-state index is 14.4. The Morgan fingerprint density at radius 2 is 1.10 bits per heavy atom. The molecular weight excluding hydrogens is 394 g/mol. The Kier molecular flexibility index (Phi) is 8.12. The molecule has 0 spiro atoms. The molecule has 1 aromatic rings. The van der Waals surface area contributed by atoms with Crippen molar-refractivity contribution in [2.24, 2.45) is 29.6 Å². The first-order valence-corrected chi connectivity index (χ1v) is 12.9. The summed E-state index contributed by atoms with van der Waals surface area (Å²) in [6, 6.07) is 3.02. The highest BCUT2D eigenvalue weighted by Gasteiger charge is 2.31. The van der Waals surface area contributed by atoms with Gasteiger partial charge < -0.3 is 9.47 Å². The van der Waals surface area contributed by atoms with Crippen LogP contribution in [0.4, 0.5) is 8.78 Å². The van der Waals surface area contributed by atoms with Gasteiger partial charge in [-0.05, 0) is 93.1 Å². The Balaban J connectivity index is 1.18. The van der Waals surface area contributed by atoms with Crippen molar-refractivity contribution in [2.75, 3.05) is 13.2 Å². The maximum Gasteiger partial charge on any atom is 0.204 e. The fourth-order valence-corrected chi connectivity index (χ4v) is 5.70. The van der Waals surface area contributed by atoms with E-state index >= 15 is 0 Å². The number of unbranched alkanes of at least 4 members (excludes halogenated alkanes) is 1. The summed E-state index contributed by atoms with van der Waals surface area (Å²) in [4.78, 5) is 0. The third-order valence-corrected chi connectivity index (χ3v) is 8.07. The molecule has 0 amide bonds. The van der Waals surface area contributed by atoms with Gasteiger partial charge in [-0.15, -0.1) is 0 Å². The van der Waals surface area contributed by atoms with E-state index in [-0.39, 0.29) is 11.5 Å². The van der Waals surface area contributed by atoms with Gasteiger partial charge in [0.05, 0.1) is 13.2 Å². The first kappa shape index (κ1) is 22.9. The van der Waals surface area contributed by atoms with E-state index in [9.17, 15) is 8.78 Å². The molecule has 0 saturated heterocycles. The fraction of sp³-hybridized carbons (Fsp3) is 0.778. The standard InChI is InChI=1S/C27H40F2O2/c1-2-3-4-19-7-11-22(12-8-19)23-13-9-21(10-14-23)18-31-25-16-15-24(26(28)27(25)29)30-17-20-5-6-20/h15-16,19-23H,2-14,17-18H2,1H3. The van der Waals surface area contributed by atoms with Crippen molar-refractivity contribution in [2.45, 2.75) is 90.4 Å². The van der Waals surface area contributed by atoms with Crippen LogP contribution in [-0.4, -0.2) is 13.2 Å². The van der Waals surface area contributed by atoms with Gasteiger partial charge in [-0.25, -0.2) is 0 Å². The van der Waals surface area contributed by atoms with Gasteiger partial charge in [-0.1, -0.05) is 39.0 Å². The molecule has 0 heterocycles. The van der Waals surface area contributed by atoms with Crippen molar-refractivity contribution >= 4 is 0 Å². The minimum Gasteiger partial charge on any atom is -0.490 e. The van der Waals surface area contributed by atoms with E-state index in [0.717, 1.165) is 43.4 Å². The molecule has 0 atom stereocenters. The molecule has 3 aliphatic rings. The lowest BCUT2D eigenvalue weighted by Gasteiger charge is -2.38. The molecule has 4 heteroatoms. The SMILES string of the molecule is CCCCC1CCC(C2CCC(COc3ccc(OCC4CC4)c(F)c3F)CC2)CC1. The number of ether oxygens (including phenoxy) is 2. The summed E-state index contributed by atoms with van der Waals surface area (Å²) in [5, 5.41) is 0. The van der Waals surface area contributed by atoms with Crippen LogP contribution in [0.2, 0.25) is 0 Å². The molecule has 0 aliphatic heterocycles.